The Hall–Kier alpha value is -0.500. The molecule has 134 valence electrons. The van der Waals surface area contributed by atoms with Crippen LogP contribution in [-0.2, 0) is 0 Å². The molecule has 0 spiro atoms. The van der Waals surface area contributed by atoms with Crippen molar-refractivity contribution in [1.82, 2.24) is 9.80 Å². The lowest BCUT2D eigenvalue weighted by atomic mass is 10.4. The number of nitrogens with zero attached hydrogens (tertiary/aromatic N) is 2. The molecule has 0 fully saturated rings. The van der Waals surface area contributed by atoms with E-state index in [2.05, 4.69) is 0 Å². The molecule has 0 saturated heterocycles. The van der Waals surface area contributed by atoms with Crippen LogP contribution in [0.5, 0.6) is 0 Å². The highest BCUT2D eigenvalue weighted by Crippen LogP contribution is 2.18. The van der Waals surface area contributed by atoms with Crippen molar-refractivity contribution in [2.45, 2.75) is 46.5 Å². The molecular weight excluding hydrogens is 298 g/mol. The minimum Gasteiger partial charge on any atom is -0.309 e. The fourth-order valence-corrected chi connectivity index (χ4v) is 0.709. The Morgan fingerprint density at radius 3 is 1.00 bits per heavy atom. The summed E-state index contributed by atoms with van der Waals surface area (Å²) >= 11 is 0. The van der Waals surface area contributed by atoms with E-state index >= 15 is 0 Å². The Morgan fingerprint density at radius 1 is 0.619 bits per heavy atom. The van der Waals surface area contributed by atoms with E-state index in [-0.39, 0.29) is 6.54 Å². The van der Waals surface area contributed by atoms with E-state index in [1.807, 2.05) is 27.7 Å². The van der Waals surface area contributed by atoms with Gasteiger partial charge >= 0.3 is 12.4 Å². The van der Waals surface area contributed by atoms with Crippen LogP contribution in [-0.4, -0.2) is 63.4 Å². The zero-order valence-corrected chi connectivity index (χ0v) is 14.3. The molecule has 0 bridgehead atoms. The van der Waals surface area contributed by atoms with Gasteiger partial charge in [0.15, 0.2) is 0 Å². The van der Waals surface area contributed by atoms with Crippen LogP contribution in [0.1, 0.15) is 34.1 Å². The first-order chi connectivity index (χ1) is 9.33. The van der Waals surface area contributed by atoms with Gasteiger partial charge in [0.05, 0.1) is 13.0 Å². The Balaban J connectivity index is -0.000000111. The number of hydrogen-bond acceptors (Lipinski definition) is 2. The highest BCUT2D eigenvalue weighted by Gasteiger charge is 2.27. The predicted octanol–water partition coefficient (Wildman–Crippen LogP) is 4.66. The van der Waals surface area contributed by atoms with Gasteiger partial charge < -0.3 is 9.80 Å². The summed E-state index contributed by atoms with van der Waals surface area (Å²) < 4.78 is 68.0. The van der Waals surface area contributed by atoms with Gasteiger partial charge in [-0.25, -0.2) is 0 Å². The largest absolute Gasteiger partial charge is 0.401 e. The molecule has 8 heteroatoms. The summed E-state index contributed by atoms with van der Waals surface area (Å²) in [7, 11) is 6.00. The molecule has 0 aromatic rings. The van der Waals surface area contributed by atoms with Gasteiger partial charge in [0.1, 0.15) is 0 Å². The maximum Gasteiger partial charge on any atom is 0.401 e. The average molecular weight is 328 g/mol. The molecular formula is C13H30F6N2. The zero-order chi connectivity index (χ0) is 18.3. The van der Waals surface area contributed by atoms with Crippen LogP contribution < -0.4 is 0 Å². The minimum atomic E-state index is -4.05. The van der Waals surface area contributed by atoms with Crippen molar-refractivity contribution in [2.75, 3.05) is 41.3 Å². The molecule has 0 rings (SSSR count). The van der Waals surface area contributed by atoms with Gasteiger partial charge in [-0.3, -0.25) is 0 Å². The fourth-order valence-electron chi connectivity index (χ4n) is 0.709. The van der Waals surface area contributed by atoms with Gasteiger partial charge in [0.25, 0.3) is 0 Å². The van der Waals surface area contributed by atoms with E-state index < -0.39 is 25.3 Å². The van der Waals surface area contributed by atoms with E-state index in [0.717, 1.165) is 4.90 Å². The maximum absolute atomic E-state index is 11.4. The van der Waals surface area contributed by atoms with Crippen LogP contribution in [0.2, 0.25) is 0 Å². The van der Waals surface area contributed by atoms with E-state index in [1.165, 1.54) is 19.0 Å². The summed E-state index contributed by atoms with van der Waals surface area (Å²) in [6, 6.07) is 0. The normalized spacial score (nSPS) is 10.9. The van der Waals surface area contributed by atoms with E-state index in [1.54, 1.807) is 14.1 Å². The molecule has 2 nitrogen and oxygen atoms in total. The topological polar surface area (TPSA) is 6.48 Å². The van der Waals surface area contributed by atoms with E-state index in [0.29, 0.717) is 0 Å². The molecule has 21 heavy (non-hydrogen) atoms. The van der Waals surface area contributed by atoms with Gasteiger partial charge in [-0.1, -0.05) is 27.7 Å². The van der Waals surface area contributed by atoms with Crippen molar-refractivity contribution in [3.63, 3.8) is 0 Å². The van der Waals surface area contributed by atoms with Crippen molar-refractivity contribution in [2.24, 2.45) is 0 Å². The number of halogens is 6. The first-order valence-corrected chi connectivity index (χ1v) is 6.76. The summed E-state index contributed by atoms with van der Waals surface area (Å²) in [5.74, 6) is 0. The molecule has 0 aliphatic rings. The van der Waals surface area contributed by atoms with Gasteiger partial charge in [-0.05, 0) is 28.2 Å². The maximum atomic E-state index is 11.4. The van der Waals surface area contributed by atoms with Gasteiger partial charge in [-0.2, -0.15) is 26.3 Å². The lowest BCUT2D eigenvalue weighted by Gasteiger charge is -2.11. The first kappa shape index (κ1) is 28.6. The first-order valence-electron chi connectivity index (χ1n) is 6.76. The zero-order valence-electron chi connectivity index (χ0n) is 14.3. The smallest absolute Gasteiger partial charge is 0.309 e. The third-order valence-corrected chi connectivity index (χ3v) is 1.34. The molecule has 0 unspecified atom stereocenters. The average Bonchev–Trinajstić information content (AvgIpc) is 2.28. The quantitative estimate of drug-likeness (QED) is 0.695. The van der Waals surface area contributed by atoms with Crippen molar-refractivity contribution >= 4 is 0 Å². The van der Waals surface area contributed by atoms with Gasteiger partial charge in [0.2, 0.25) is 0 Å². The van der Waals surface area contributed by atoms with Crippen molar-refractivity contribution in [1.29, 1.82) is 0 Å². The molecule has 0 aromatic heterocycles. The summed E-state index contributed by atoms with van der Waals surface area (Å²) in [5.41, 5.74) is 0. The Labute approximate surface area is 125 Å². The third-order valence-electron chi connectivity index (χ3n) is 1.34. The summed E-state index contributed by atoms with van der Waals surface area (Å²) in [4.78, 5) is 2.59. The molecule has 0 atom stereocenters. The SMILES string of the molecule is CC.CC.CN(C)CC(F)(F)F.CN(C)CCC(F)(F)F. The number of alkyl halides is 6. The number of hydrogen-bond donors (Lipinski definition) is 0. The molecule has 0 aromatic carbocycles. The monoisotopic (exact) mass is 328 g/mol. The highest BCUT2D eigenvalue weighted by molar-refractivity contribution is 4.52. The second-order valence-corrected chi connectivity index (χ2v) is 4.02. The fraction of sp³-hybridized carbons (Fsp3) is 1.00. The van der Waals surface area contributed by atoms with Crippen LogP contribution in [0.15, 0.2) is 0 Å². The van der Waals surface area contributed by atoms with Crippen LogP contribution in [0.3, 0.4) is 0 Å². The second kappa shape index (κ2) is 15.9. The minimum absolute atomic E-state index is 0.0729. The van der Waals surface area contributed by atoms with Crippen LogP contribution in [0.4, 0.5) is 26.3 Å². The second-order valence-electron chi connectivity index (χ2n) is 4.02. The van der Waals surface area contributed by atoms with E-state index in [9.17, 15) is 26.3 Å². The van der Waals surface area contributed by atoms with Crippen LogP contribution >= 0.6 is 0 Å². The molecule has 0 heterocycles. The molecule has 0 amide bonds. The van der Waals surface area contributed by atoms with Gasteiger partial charge in [0, 0.05) is 6.54 Å². The summed E-state index contributed by atoms with van der Waals surface area (Å²) in [6.07, 6.45) is -8.78. The van der Waals surface area contributed by atoms with Crippen molar-refractivity contribution in [3.05, 3.63) is 0 Å². The molecule has 0 saturated carbocycles. The highest BCUT2D eigenvalue weighted by atomic mass is 19.4. The van der Waals surface area contributed by atoms with E-state index in [4.69, 9.17) is 0 Å². The number of rotatable bonds is 3. The molecule has 0 radical (unpaired) electrons. The van der Waals surface area contributed by atoms with Crippen LogP contribution in [0, 0.1) is 0 Å². The summed E-state index contributed by atoms with van der Waals surface area (Å²) in [6.45, 7) is 7.23. The Kier molecular flexibility index (Phi) is 21.7. The van der Waals surface area contributed by atoms with Gasteiger partial charge in [-0.15, -0.1) is 0 Å². The Bertz CT molecular complexity index is 188. The molecule has 0 aliphatic heterocycles. The van der Waals surface area contributed by atoms with Crippen molar-refractivity contribution in [3.8, 4) is 0 Å². The van der Waals surface area contributed by atoms with Crippen molar-refractivity contribution < 1.29 is 26.3 Å². The molecule has 0 aliphatic carbocycles. The lowest BCUT2D eigenvalue weighted by Crippen LogP contribution is -2.27. The molecule has 0 N–H and O–H groups in total. The third kappa shape index (κ3) is 54.2. The Morgan fingerprint density at radius 2 is 0.952 bits per heavy atom. The lowest BCUT2D eigenvalue weighted by molar-refractivity contribution is -0.140. The predicted molar refractivity (Wildman–Crippen MR) is 76.5 cm³/mol. The summed E-state index contributed by atoms with van der Waals surface area (Å²) in [5, 5.41) is 0. The standard InChI is InChI=1S/C5H10F3N.C4H8F3N.2C2H6/c1-9(2)4-3-5(6,7)8;1-8(2)3-4(5,6)7;2*1-2/h3-4H2,1-2H3;3H2,1-2H3;2*1-2H3. The van der Waals surface area contributed by atoms with Crippen LogP contribution in [0.25, 0.3) is 0 Å².